The van der Waals surface area contributed by atoms with Crippen molar-refractivity contribution < 1.29 is 14.6 Å². The molecule has 0 amide bonds. The van der Waals surface area contributed by atoms with Crippen molar-refractivity contribution in [3.8, 4) is 11.3 Å². The van der Waals surface area contributed by atoms with E-state index in [1.54, 1.807) is 13.3 Å². The molecule has 30 heavy (non-hydrogen) atoms. The van der Waals surface area contributed by atoms with E-state index < -0.39 is 11.6 Å². The highest BCUT2D eigenvalue weighted by molar-refractivity contribution is 5.94. The highest BCUT2D eigenvalue weighted by Crippen LogP contribution is 2.40. The van der Waals surface area contributed by atoms with E-state index in [9.17, 15) is 9.90 Å². The van der Waals surface area contributed by atoms with Gasteiger partial charge >= 0.3 is 5.97 Å². The number of hydrogen-bond acceptors (Lipinski definition) is 4. The standard InChI is InChI=1S/C25H30N2O3/c1-4-6-17-25(29,21-15-11-8-12-16-21)19(3)27-18-26-22(24(28)30-5-2)23(27)20-13-9-7-10-14-20/h7-16,18-19,29H,4-6,17H2,1-3H3/t19-,25?/m0/s1. The van der Waals surface area contributed by atoms with Gasteiger partial charge in [0.15, 0.2) is 5.69 Å². The summed E-state index contributed by atoms with van der Waals surface area (Å²) in [4.78, 5) is 17.0. The lowest BCUT2D eigenvalue weighted by molar-refractivity contribution is -0.0208. The van der Waals surface area contributed by atoms with E-state index in [4.69, 9.17) is 4.74 Å². The normalized spacial score (nSPS) is 14.1. The lowest BCUT2D eigenvalue weighted by atomic mass is 9.82. The molecular formula is C25H30N2O3. The first-order valence-electron chi connectivity index (χ1n) is 10.6. The number of carbonyl (C=O) groups is 1. The number of ether oxygens (including phenoxy) is 1. The Morgan fingerprint density at radius 2 is 1.73 bits per heavy atom. The maximum atomic E-state index is 12.6. The molecule has 1 unspecified atom stereocenters. The van der Waals surface area contributed by atoms with Crippen LogP contribution < -0.4 is 0 Å². The molecule has 0 spiro atoms. The number of imidazole rings is 1. The van der Waals surface area contributed by atoms with Gasteiger partial charge in [0.05, 0.1) is 24.7 Å². The fraction of sp³-hybridized carbons (Fsp3) is 0.360. The molecule has 2 atom stereocenters. The number of rotatable bonds is 9. The summed E-state index contributed by atoms with van der Waals surface area (Å²) in [6.07, 6.45) is 4.11. The second-order valence-electron chi connectivity index (χ2n) is 7.51. The van der Waals surface area contributed by atoms with Gasteiger partial charge in [0, 0.05) is 5.56 Å². The van der Waals surface area contributed by atoms with E-state index in [1.165, 1.54) is 0 Å². The Balaban J connectivity index is 2.14. The zero-order chi connectivity index (χ0) is 21.6. The molecule has 1 heterocycles. The van der Waals surface area contributed by atoms with Crippen LogP contribution in [-0.4, -0.2) is 27.2 Å². The van der Waals surface area contributed by atoms with Crippen LogP contribution in [0.1, 0.15) is 62.1 Å². The number of esters is 1. The van der Waals surface area contributed by atoms with Crippen molar-refractivity contribution in [2.24, 2.45) is 0 Å². The summed E-state index contributed by atoms with van der Waals surface area (Å²) in [6.45, 7) is 6.14. The van der Waals surface area contributed by atoms with Crippen LogP contribution in [0.2, 0.25) is 0 Å². The summed E-state index contributed by atoms with van der Waals surface area (Å²) in [5.41, 5.74) is 1.54. The molecule has 5 heteroatoms. The van der Waals surface area contributed by atoms with Gasteiger partial charge in [-0.15, -0.1) is 0 Å². The maximum Gasteiger partial charge on any atom is 0.359 e. The Bertz CT molecular complexity index is 953. The topological polar surface area (TPSA) is 64.3 Å². The van der Waals surface area contributed by atoms with Crippen LogP contribution in [0, 0.1) is 0 Å². The zero-order valence-corrected chi connectivity index (χ0v) is 17.9. The van der Waals surface area contributed by atoms with Gasteiger partial charge in [-0.2, -0.15) is 0 Å². The van der Waals surface area contributed by atoms with Crippen LogP contribution in [0.4, 0.5) is 0 Å². The Labute approximate surface area is 178 Å². The summed E-state index contributed by atoms with van der Waals surface area (Å²) in [5.74, 6) is -0.459. The summed E-state index contributed by atoms with van der Waals surface area (Å²) in [5, 5.41) is 11.9. The van der Waals surface area contributed by atoms with Crippen molar-refractivity contribution in [2.45, 2.75) is 51.7 Å². The highest BCUT2D eigenvalue weighted by Gasteiger charge is 2.38. The molecule has 0 bridgehead atoms. The van der Waals surface area contributed by atoms with E-state index in [-0.39, 0.29) is 18.3 Å². The number of aliphatic hydroxyl groups is 1. The van der Waals surface area contributed by atoms with Gasteiger partial charge in [-0.1, -0.05) is 80.4 Å². The molecule has 1 aromatic heterocycles. The molecule has 0 aliphatic heterocycles. The lowest BCUT2D eigenvalue weighted by Crippen LogP contribution is -2.35. The van der Waals surface area contributed by atoms with Gasteiger partial charge in [0.2, 0.25) is 0 Å². The summed E-state index contributed by atoms with van der Waals surface area (Å²) < 4.78 is 7.15. The Hall–Kier alpha value is -2.92. The van der Waals surface area contributed by atoms with Crippen LogP contribution in [-0.2, 0) is 10.3 Å². The van der Waals surface area contributed by atoms with E-state index in [0.717, 1.165) is 24.0 Å². The van der Waals surface area contributed by atoms with Crippen LogP contribution in [0.25, 0.3) is 11.3 Å². The maximum absolute atomic E-state index is 12.6. The van der Waals surface area contributed by atoms with Gasteiger partial charge in [0.25, 0.3) is 0 Å². The summed E-state index contributed by atoms with van der Waals surface area (Å²) in [6, 6.07) is 19.0. The molecule has 0 aliphatic carbocycles. The Kier molecular flexibility index (Phi) is 7.06. The number of aromatic nitrogens is 2. The second kappa shape index (κ2) is 9.72. The first-order valence-corrected chi connectivity index (χ1v) is 10.6. The number of unbranched alkanes of at least 4 members (excludes halogenated alkanes) is 1. The third-order valence-corrected chi connectivity index (χ3v) is 5.60. The molecule has 0 saturated carbocycles. The monoisotopic (exact) mass is 406 g/mol. The lowest BCUT2D eigenvalue weighted by Gasteiger charge is -2.36. The fourth-order valence-electron chi connectivity index (χ4n) is 3.88. The molecular weight excluding hydrogens is 376 g/mol. The first kappa shape index (κ1) is 21.8. The Morgan fingerprint density at radius 3 is 2.33 bits per heavy atom. The summed E-state index contributed by atoms with van der Waals surface area (Å²) in [7, 11) is 0. The number of nitrogens with zero attached hydrogens (tertiary/aromatic N) is 2. The Morgan fingerprint density at radius 1 is 1.10 bits per heavy atom. The first-order chi connectivity index (χ1) is 14.5. The molecule has 0 fully saturated rings. The van der Waals surface area contributed by atoms with Crippen LogP contribution in [0.15, 0.2) is 67.0 Å². The van der Waals surface area contributed by atoms with Gasteiger partial charge in [-0.3, -0.25) is 0 Å². The predicted octanol–water partition coefficient (Wildman–Crippen LogP) is 5.37. The van der Waals surface area contributed by atoms with Crippen molar-refractivity contribution in [2.75, 3.05) is 6.61 Å². The van der Waals surface area contributed by atoms with Crippen LogP contribution in [0.5, 0.6) is 0 Å². The van der Waals surface area contributed by atoms with Crippen molar-refractivity contribution in [1.82, 2.24) is 9.55 Å². The molecule has 3 rings (SSSR count). The molecule has 2 aromatic carbocycles. The van der Waals surface area contributed by atoms with E-state index in [0.29, 0.717) is 12.1 Å². The van der Waals surface area contributed by atoms with Gasteiger partial charge in [-0.05, 0) is 25.8 Å². The molecule has 3 aromatic rings. The smallest absolute Gasteiger partial charge is 0.359 e. The van der Waals surface area contributed by atoms with Crippen molar-refractivity contribution >= 4 is 5.97 Å². The second-order valence-corrected chi connectivity index (χ2v) is 7.51. The third-order valence-electron chi connectivity index (χ3n) is 5.60. The molecule has 0 radical (unpaired) electrons. The third kappa shape index (κ3) is 4.31. The van der Waals surface area contributed by atoms with E-state index in [2.05, 4.69) is 11.9 Å². The quantitative estimate of drug-likeness (QED) is 0.486. The van der Waals surface area contributed by atoms with Gasteiger partial charge < -0.3 is 14.4 Å². The number of hydrogen-bond donors (Lipinski definition) is 1. The largest absolute Gasteiger partial charge is 0.461 e. The number of carbonyl (C=O) groups excluding carboxylic acids is 1. The zero-order valence-electron chi connectivity index (χ0n) is 17.9. The number of benzene rings is 2. The van der Waals surface area contributed by atoms with Crippen molar-refractivity contribution in [3.63, 3.8) is 0 Å². The molecule has 0 saturated heterocycles. The van der Waals surface area contributed by atoms with Gasteiger partial charge in [0.1, 0.15) is 5.60 Å². The van der Waals surface area contributed by atoms with E-state index >= 15 is 0 Å². The average molecular weight is 407 g/mol. The van der Waals surface area contributed by atoms with Crippen molar-refractivity contribution in [3.05, 3.63) is 78.2 Å². The van der Waals surface area contributed by atoms with Crippen LogP contribution >= 0.6 is 0 Å². The SMILES string of the molecule is CCCCC(O)(c1ccccc1)[C@H](C)n1cnc(C(=O)OCC)c1-c1ccccc1. The molecule has 0 aliphatic rings. The van der Waals surface area contributed by atoms with E-state index in [1.807, 2.05) is 72.2 Å². The highest BCUT2D eigenvalue weighted by atomic mass is 16.5. The molecule has 158 valence electrons. The van der Waals surface area contributed by atoms with Crippen molar-refractivity contribution in [1.29, 1.82) is 0 Å². The predicted molar refractivity (Wildman–Crippen MR) is 118 cm³/mol. The minimum Gasteiger partial charge on any atom is -0.461 e. The van der Waals surface area contributed by atoms with Gasteiger partial charge in [-0.25, -0.2) is 9.78 Å². The molecule has 1 N–H and O–H groups in total. The average Bonchev–Trinajstić information content (AvgIpc) is 3.23. The summed E-state index contributed by atoms with van der Waals surface area (Å²) >= 11 is 0. The minimum atomic E-state index is -1.10. The minimum absolute atomic E-state index is 0.265. The van der Waals surface area contributed by atoms with Crippen LogP contribution in [0.3, 0.4) is 0 Å². The molecule has 5 nitrogen and oxygen atoms in total. The fourth-order valence-corrected chi connectivity index (χ4v) is 3.88.